The molecule has 1 aromatic carbocycles. The molecule has 2 amide bonds. The maximum atomic E-state index is 12.3. The highest BCUT2D eigenvalue weighted by atomic mass is 16.2. The first-order valence-electron chi connectivity index (χ1n) is 7.16. The van der Waals surface area contributed by atoms with E-state index in [4.69, 9.17) is 0 Å². The molecule has 1 aromatic rings. The van der Waals surface area contributed by atoms with E-state index < -0.39 is 6.04 Å². The molecule has 4 nitrogen and oxygen atoms in total. The fourth-order valence-electron chi connectivity index (χ4n) is 2.10. The Labute approximate surface area is 119 Å². The van der Waals surface area contributed by atoms with E-state index in [2.05, 4.69) is 10.6 Å². The lowest BCUT2D eigenvalue weighted by Gasteiger charge is -2.22. The summed E-state index contributed by atoms with van der Waals surface area (Å²) in [5.41, 5.74) is 1.53. The van der Waals surface area contributed by atoms with Crippen molar-refractivity contribution in [3.05, 3.63) is 35.4 Å². The molecule has 0 saturated heterocycles. The van der Waals surface area contributed by atoms with E-state index in [1.165, 1.54) is 0 Å². The van der Waals surface area contributed by atoms with Gasteiger partial charge in [-0.1, -0.05) is 32.0 Å². The predicted molar refractivity (Wildman–Crippen MR) is 78.4 cm³/mol. The lowest BCUT2D eigenvalue weighted by atomic mass is 10.0. The van der Waals surface area contributed by atoms with Crippen LogP contribution in [0.25, 0.3) is 0 Å². The number of hydrogen-bond acceptors (Lipinski definition) is 2. The number of rotatable bonds is 5. The number of nitrogens with one attached hydrogen (secondary N) is 2. The van der Waals surface area contributed by atoms with Gasteiger partial charge in [-0.3, -0.25) is 9.59 Å². The van der Waals surface area contributed by atoms with Gasteiger partial charge < -0.3 is 10.6 Å². The molecule has 0 radical (unpaired) electrons. The van der Waals surface area contributed by atoms with Crippen LogP contribution in [0.3, 0.4) is 0 Å². The van der Waals surface area contributed by atoms with Crippen molar-refractivity contribution in [1.29, 1.82) is 0 Å². The summed E-state index contributed by atoms with van der Waals surface area (Å²) >= 11 is 0. The van der Waals surface area contributed by atoms with E-state index in [-0.39, 0.29) is 17.7 Å². The predicted octanol–water partition coefficient (Wildman–Crippen LogP) is 2.03. The summed E-state index contributed by atoms with van der Waals surface area (Å²) in [4.78, 5) is 24.5. The average Bonchev–Trinajstić information content (AvgIpc) is 3.19. The third kappa shape index (κ3) is 3.59. The van der Waals surface area contributed by atoms with E-state index in [1.54, 1.807) is 6.07 Å². The fourth-order valence-corrected chi connectivity index (χ4v) is 2.10. The van der Waals surface area contributed by atoms with Crippen LogP contribution >= 0.6 is 0 Å². The van der Waals surface area contributed by atoms with Crippen molar-refractivity contribution in [1.82, 2.24) is 10.6 Å². The Bertz CT molecular complexity index is 507. The molecule has 0 unspecified atom stereocenters. The van der Waals surface area contributed by atoms with Crippen LogP contribution in [0.2, 0.25) is 0 Å². The second kappa shape index (κ2) is 6.07. The van der Waals surface area contributed by atoms with Gasteiger partial charge in [0.25, 0.3) is 5.91 Å². The average molecular weight is 274 g/mol. The summed E-state index contributed by atoms with van der Waals surface area (Å²) < 4.78 is 0. The zero-order chi connectivity index (χ0) is 14.7. The molecular weight excluding hydrogens is 252 g/mol. The third-order valence-electron chi connectivity index (χ3n) is 3.55. The summed E-state index contributed by atoms with van der Waals surface area (Å²) in [6.07, 6.45) is 2.09. The molecule has 0 aliphatic heterocycles. The molecule has 1 saturated carbocycles. The van der Waals surface area contributed by atoms with Crippen LogP contribution < -0.4 is 10.6 Å². The van der Waals surface area contributed by atoms with Gasteiger partial charge in [-0.2, -0.15) is 0 Å². The number of amides is 2. The molecule has 0 heterocycles. The number of aryl methyl sites for hydroxylation is 1. The van der Waals surface area contributed by atoms with Gasteiger partial charge >= 0.3 is 0 Å². The summed E-state index contributed by atoms with van der Waals surface area (Å²) in [7, 11) is 0. The van der Waals surface area contributed by atoms with Gasteiger partial charge in [0, 0.05) is 11.6 Å². The summed E-state index contributed by atoms with van der Waals surface area (Å²) in [5.74, 6) is -0.209. The Morgan fingerprint density at radius 1 is 1.20 bits per heavy atom. The Balaban J connectivity index is 2.05. The molecule has 0 bridgehead atoms. The van der Waals surface area contributed by atoms with Gasteiger partial charge in [0.15, 0.2) is 0 Å². The first kappa shape index (κ1) is 14.6. The van der Waals surface area contributed by atoms with Crippen molar-refractivity contribution in [2.75, 3.05) is 0 Å². The molecule has 1 atom stereocenters. The normalized spacial score (nSPS) is 15.8. The van der Waals surface area contributed by atoms with E-state index in [9.17, 15) is 9.59 Å². The van der Waals surface area contributed by atoms with Crippen molar-refractivity contribution in [3.8, 4) is 0 Å². The SMILES string of the molecule is Cc1ccccc1C(=O)N[C@H](C(=O)NC1CC1)C(C)C. The quantitative estimate of drug-likeness (QED) is 0.863. The molecule has 4 heteroatoms. The molecular formula is C16H22N2O2. The zero-order valence-corrected chi connectivity index (χ0v) is 12.3. The zero-order valence-electron chi connectivity index (χ0n) is 12.3. The molecule has 2 N–H and O–H groups in total. The maximum Gasteiger partial charge on any atom is 0.252 e. The van der Waals surface area contributed by atoms with Crippen molar-refractivity contribution < 1.29 is 9.59 Å². The summed E-state index contributed by atoms with van der Waals surface area (Å²) in [6.45, 7) is 5.77. The lowest BCUT2D eigenvalue weighted by molar-refractivity contribution is -0.124. The molecule has 108 valence electrons. The highest BCUT2D eigenvalue weighted by Gasteiger charge is 2.30. The Morgan fingerprint density at radius 3 is 2.40 bits per heavy atom. The summed E-state index contributed by atoms with van der Waals surface area (Å²) in [6, 6.07) is 7.22. The number of carbonyl (C=O) groups is 2. The molecule has 1 aliphatic rings. The highest BCUT2D eigenvalue weighted by Crippen LogP contribution is 2.19. The van der Waals surface area contributed by atoms with Crippen LogP contribution in [0.1, 0.15) is 42.6 Å². The van der Waals surface area contributed by atoms with Gasteiger partial charge in [-0.05, 0) is 37.3 Å². The monoisotopic (exact) mass is 274 g/mol. The second-order valence-electron chi connectivity index (χ2n) is 5.79. The van der Waals surface area contributed by atoms with E-state index in [1.807, 2.05) is 39.0 Å². The first-order chi connectivity index (χ1) is 9.49. The van der Waals surface area contributed by atoms with Crippen molar-refractivity contribution >= 4 is 11.8 Å². The van der Waals surface area contributed by atoms with E-state index >= 15 is 0 Å². The minimum absolute atomic E-state index is 0.0571. The molecule has 1 fully saturated rings. The van der Waals surface area contributed by atoms with E-state index in [0.717, 1.165) is 18.4 Å². The van der Waals surface area contributed by atoms with Gasteiger partial charge in [-0.25, -0.2) is 0 Å². The van der Waals surface area contributed by atoms with Gasteiger partial charge in [0.05, 0.1) is 0 Å². The topological polar surface area (TPSA) is 58.2 Å². The minimum atomic E-state index is -0.484. The van der Waals surface area contributed by atoms with Crippen LogP contribution in [0.5, 0.6) is 0 Å². The second-order valence-corrected chi connectivity index (χ2v) is 5.79. The van der Waals surface area contributed by atoms with Gasteiger partial charge in [0.1, 0.15) is 6.04 Å². The Morgan fingerprint density at radius 2 is 1.85 bits per heavy atom. The van der Waals surface area contributed by atoms with E-state index in [0.29, 0.717) is 11.6 Å². The Kier molecular flexibility index (Phi) is 4.42. The fraction of sp³-hybridized carbons (Fsp3) is 0.500. The van der Waals surface area contributed by atoms with Crippen molar-refractivity contribution in [2.45, 2.75) is 45.7 Å². The number of carbonyl (C=O) groups excluding carboxylic acids is 2. The van der Waals surface area contributed by atoms with Gasteiger partial charge in [0.2, 0.25) is 5.91 Å². The maximum absolute atomic E-state index is 12.3. The number of hydrogen-bond donors (Lipinski definition) is 2. The van der Waals surface area contributed by atoms with Crippen LogP contribution in [0.4, 0.5) is 0 Å². The van der Waals surface area contributed by atoms with Crippen LogP contribution in [-0.4, -0.2) is 23.9 Å². The highest BCUT2D eigenvalue weighted by molar-refractivity contribution is 5.98. The Hall–Kier alpha value is -1.84. The minimum Gasteiger partial charge on any atom is -0.352 e. The van der Waals surface area contributed by atoms with Crippen LogP contribution in [0, 0.1) is 12.8 Å². The third-order valence-corrected chi connectivity index (χ3v) is 3.55. The first-order valence-corrected chi connectivity index (χ1v) is 7.16. The number of benzene rings is 1. The molecule has 0 aromatic heterocycles. The summed E-state index contributed by atoms with van der Waals surface area (Å²) in [5, 5.41) is 5.81. The molecule has 2 rings (SSSR count). The molecule has 20 heavy (non-hydrogen) atoms. The largest absolute Gasteiger partial charge is 0.352 e. The lowest BCUT2D eigenvalue weighted by Crippen LogP contribution is -2.50. The molecule has 0 spiro atoms. The van der Waals surface area contributed by atoms with Crippen LogP contribution in [0.15, 0.2) is 24.3 Å². The van der Waals surface area contributed by atoms with Crippen LogP contribution in [-0.2, 0) is 4.79 Å². The smallest absolute Gasteiger partial charge is 0.252 e. The van der Waals surface area contributed by atoms with Gasteiger partial charge in [-0.15, -0.1) is 0 Å². The standard InChI is InChI=1S/C16H22N2O2/c1-10(2)14(16(20)17-12-8-9-12)18-15(19)13-7-5-4-6-11(13)3/h4-7,10,12,14H,8-9H2,1-3H3,(H,17,20)(H,18,19)/t14-/m0/s1. The van der Waals surface area contributed by atoms with Crippen molar-refractivity contribution in [3.63, 3.8) is 0 Å². The molecule has 1 aliphatic carbocycles. The van der Waals surface area contributed by atoms with Crippen molar-refractivity contribution in [2.24, 2.45) is 5.92 Å².